The number of hydrogen-bond acceptors (Lipinski definition) is 5. The van der Waals surface area contributed by atoms with Crippen LogP contribution in [0.3, 0.4) is 0 Å². The number of carbonyl (C=O) groups is 3. The van der Waals surface area contributed by atoms with Gasteiger partial charge in [-0.1, -0.05) is 6.07 Å². The van der Waals surface area contributed by atoms with E-state index in [9.17, 15) is 22.8 Å². The van der Waals surface area contributed by atoms with E-state index < -0.39 is 39.3 Å². The Kier molecular flexibility index (Phi) is 5.05. The van der Waals surface area contributed by atoms with Crippen LogP contribution in [0, 0.1) is 0 Å². The standard InChI is InChI=1S/C10H8N2O6S.Na.H/c13-8-5-9(14)12(10(15)11-8)6-2-1-3-7(4-6)19(16,17)18;;/h1-4H,5H2,(H,11,13,15)(H,16,17,18);;/q;+1;-1. The van der Waals surface area contributed by atoms with Crippen molar-refractivity contribution in [3.8, 4) is 0 Å². The normalized spacial score (nSPS) is 15.7. The maximum atomic E-state index is 11.6. The van der Waals surface area contributed by atoms with Crippen LogP contribution in [-0.2, 0) is 19.7 Å². The molecule has 0 unspecified atom stereocenters. The minimum Gasteiger partial charge on any atom is -1.00 e. The number of nitrogens with zero attached hydrogens (tertiary/aromatic N) is 1. The molecule has 8 nitrogen and oxygen atoms in total. The molecule has 0 bridgehead atoms. The topological polar surface area (TPSA) is 121 Å². The maximum absolute atomic E-state index is 11.6. The number of carbonyl (C=O) groups excluding carboxylic acids is 3. The number of anilines is 1. The van der Waals surface area contributed by atoms with Crippen LogP contribution in [0.4, 0.5) is 10.5 Å². The fraction of sp³-hybridized carbons (Fsp3) is 0.100. The molecule has 1 aromatic rings. The van der Waals surface area contributed by atoms with Crippen LogP contribution in [0.1, 0.15) is 7.85 Å². The largest absolute Gasteiger partial charge is 1.00 e. The van der Waals surface area contributed by atoms with Crippen molar-refractivity contribution in [1.82, 2.24) is 5.32 Å². The molecule has 0 saturated carbocycles. The molecule has 4 amide bonds. The molecular formula is C10H9N2NaO6S. The van der Waals surface area contributed by atoms with Crippen LogP contribution in [0.15, 0.2) is 29.2 Å². The van der Waals surface area contributed by atoms with Crippen molar-refractivity contribution in [2.45, 2.75) is 11.3 Å². The zero-order valence-electron chi connectivity index (χ0n) is 11.4. The summed E-state index contributed by atoms with van der Waals surface area (Å²) >= 11 is 0. The predicted molar refractivity (Wildman–Crippen MR) is 63.0 cm³/mol. The smallest absolute Gasteiger partial charge is 1.00 e. The second-order valence-corrected chi connectivity index (χ2v) is 5.15. The van der Waals surface area contributed by atoms with Crippen LogP contribution in [0.5, 0.6) is 0 Å². The van der Waals surface area contributed by atoms with Crippen LogP contribution < -0.4 is 39.8 Å². The van der Waals surface area contributed by atoms with Gasteiger partial charge in [-0.25, -0.2) is 9.69 Å². The number of rotatable bonds is 2. The van der Waals surface area contributed by atoms with E-state index in [1.807, 2.05) is 5.32 Å². The molecule has 0 aromatic heterocycles. The van der Waals surface area contributed by atoms with Crippen molar-refractivity contribution in [3.05, 3.63) is 24.3 Å². The zero-order valence-corrected chi connectivity index (χ0v) is 13.2. The fourth-order valence-corrected chi connectivity index (χ4v) is 2.11. The van der Waals surface area contributed by atoms with Crippen LogP contribution >= 0.6 is 0 Å². The summed E-state index contributed by atoms with van der Waals surface area (Å²) in [5, 5.41) is 1.93. The van der Waals surface area contributed by atoms with Crippen LogP contribution in [-0.4, -0.2) is 30.8 Å². The van der Waals surface area contributed by atoms with Gasteiger partial charge in [0.15, 0.2) is 0 Å². The molecule has 0 atom stereocenters. The summed E-state index contributed by atoms with van der Waals surface area (Å²) in [7, 11) is -4.45. The summed E-state index contributed by atoms with van der Waals surface area (Å²) in [5.74, 6) is -1.50. The third-order valence-electron chi connectivity index (χ3n) is 2.38. The van der Waals surface area contributed by atoms with Gasteiger partial charge in [0, 0.05) is 0 Å². The van der Waals surface area contributed by atoms with E-state index >= 15 is 0 Å². The number of imide groups is 2. The number of amides is 4. The number of benzene rings is 1. The molecule has 20 heavy (non-hydrogen) atoms. The Balaban J connectivity index is 0.00000200. The summed E-state index contributed by atoms with van der Waals surface area (Å²) in [6, 6.07) is 3.67. The molecule has 2 N–H and O–H groups in total. The van der Waals surface area contributed by atoms with Crippen molar-refractivity contribution in [3.63, 3.8) is 0 Å². The van der Waals surface area contributed by atoms with Gasteiger partial charge in [0.2, 0.25) is 11.8 Å². The molecular weight excluding hydrogens is 299 g/mol. The average molecular weight is 308 g/mol. The van der Waals surface area contributed by atoms with Crippen molar-refractivity contribution in [2.24, 2.45) is 0 Å². The van der Waals surface area contributed by atoms with Crippen molar-refractivity contribution in [2.75, 3.05) is 4.90 Å². The Bertz CT molecular complexity index is 673. The Morgan fingerprint density at radius 2 is 1.90 bits per heavy atom. The number of barbiturate groups is 1. The molecule has 1 fully saturated rings. The Morgan fingerprint density at radius 3 is 2.45 bits per heavy atom. The van der Waals surface area contributed by atoms with E-state index in [2.05, 4.69) is 0 Å². The van der Waals surface area contributed by atoms with Crippen molar-refractivity contribution >= 4 is 33.7 Å². The van der Waals surface area contributed by atoms with E-state index in [-0.39, 0.29) is 36.7 Å². The molecule has 102 valence electrons. The van der Waals surface area contributed by atoms with Gasteiger partial charge in [0.25, 0.3) is 10.1 Å². The first-order valence-corrected chi connectivity index (χ1v) is 6.47. The first-order chi connectivity index (χ1) is 8.79. The summed E-state index contributed by atoms with van der Waals surface area (Å²) in [6.45, 7) is 0. The van der Waals surface area contributed by atoms with Gasteiger partial charge in [0.1, 0.15) is 6.42 Å². The van der Waals surface area contributed by atoms with Crippen molar-refractivity contribution < 1.29 is 58.3 Å². The molecule has 2 rings (SSSR count). The molecule has 1 aliphatic heterocycles. The Morgan fingerprint density at radius 1 is 1.25 bits per heavy atom. The van der Waals surface area contributed by atoms with E-state index in [4.69, 9.17) is 4.55 Å². The second kappa shape index (κ2) is 6.02. The molecule has 1 aliphatic rings. The minimum atomic E-state index is -4.45. The van der Waals surface area contributed by atoms with Gasteiger partial charge in [-0.05, 0) is 18.2 Å². The average Bonchev–Trinajstić information content (AvgIpc) is 2.26. The summed E-state index contributed by atoms with van der Waals surface area (Å²) < 4.78 is 30.9. The fourth-order valence-electron chi connectivity index (χ4n) is 1.59. The minimum absolute atomic E-state index is 0. The predicted octanol–water partition coefficient (Wildman–Crippen LogP) is -2.98. The third-order valence-corrected chi connectivity index (χ3v) is 3.23. The van der Waals surface area contributed by atoms with E-state index in [1.54, 1.807) is 0 Å². The second-order valence-electron chi connectivity index (χ2n) is 3.73. The van der Waals surface area contributed by atoms with Gasteiger partial charge in [-0.2, -0.15) is 8.42 Å². The Labute approximate surface area is 137 Å². The summed E-state index contributed by atoms with van der Waals surface area (Å²) in [5.41, 5.74) is -0.0508. The van der Waals surface area contributed by atoms with Gasteiger partial charge in [-0.3, -0.25) is 19.5 Å². The molecule has 10 heteroatoms. The van der Waals surface area contributed by atoms with Gasteiger partial charge < -0.3 is 1.43 Å². The zero-order chi connectivity index (χ0) is 14.2. The van der Waals surface area contributed by atoms with Gasteiger partial charge in [0.05, 0.1) is 10.6 Å². The van der Waals surface area contributed by atoms with E-state index in [0.717, 1.165) is 12.1 Å². The monoisotopic (exact) mass is 308 g/mol. The first kappa shape index (κ1) is 16.8. The summed E-state index contributed by atoms with van der Waals surface area (Å²) in [6.07, 6.45) is -0.512. The molecule has 1 aromatic carbocycles. The van der Waals surface area contributed by atoms with Crippen molar-refractivity contribution in [1.29, 1.82) is 0 Å². The van der Waals surface area contributed by atoms with E-state index in [0.29, 0.717) is 4.90 Å². The van der Waals surface area contributed by atoms with E-state index in [1.165, 1.54) is 12.1 Å². The first-order valence-electron chi connectivity index (χ1n) is 5.03. The quantitative estimate of drug-likeness (QED) is 0.342. The van der Waals surface area contributed by atoms with Gasteiger partial charge in [-0.15, -0.1) is 0 Å². The van der Waals surface area contributed by atoms with Crippen LogP contribution in [0.25, 0.3) is 0 Å². The Hall–Kier alpha value is -1.26. The molecule has 1 saturated heterocycles. The molecule has 0 spiro atoms. The maximum Gasteiger partial charge on any atom is 1.00 e. The number of nitrogens with one attached hydrogen (secondary N) is 1. The number of urea groups is 1. The van der Waals surface area contributed by atoms with Crippen LogP contribution in [0.2, 0.25) is 0 Å². The van der Waals surface area contributed by atoms with Gasteiger partial charge >= 0.3 is 35.6 Å². The molecule has 0 aliphatic carbocycles. The number of hydrogen-bond donors (Lipinski definition) is 2. The molecule has 1 heterocycles. The summed E-state index contributed by atoms with van der Waals surface area (Å²) in [4.78, 5) is 34.3. The molecule has 0 radical (unpaired) electrons. The SMILES string of the molecule is O=C1CC(=O)N(c2cccc(S(=O)(=O)O)c2)C(=O)N1.[H-].[Na+]. The third kappa shape index (κ3) is 3.44.